The fourth-order valence-electron chi connectivity index (χ4n) is 3.35. The van der Waals surface area contributed by atoms with Crippen molar-refractivity contribution in [2.45, 2.75) is 25.8 Å². The van der Waals surface area contributed by atoms with E-state index in [0.29, 0.717) is 6.04 Å². The summed E-state index contributed by atoms with van der Waals surface area (Å²) in [5, 5.41) is 3.47. The van der Waals surface area contributed by atoms with Gasteiger partial charge in [-0.3, -0.25) is 0 Å². The molecule has 1 aromatic carbocycles. The lowest BCUT2D eigenvalue weighted by Gasteiger charge is -2.26. The molecule has 1 aliphatic heterocycles. The summed E-state index contributed by atoms with van der Waals surface area (Å²) in [4.78, 5) is 4.93. The monoisotopic (exact) mass is 289 g/mol. The van der Waals surface area contributed by atoms with Gasteiger partial charge in [0.25, 0.3) is 0 Å². The van der Waals surface area contributed by atoms with E-state index in [0.717, 1.165) is 18.9 Å². The number of hydrogen-bond donors (Lipinski definition) is 1. The van der Waals surface area contributed by atoms with Gasteiger partial charge in [0.05, 0.1) is 0 Å². The van der Waals surface area contributed by atoms with E-state index in [2.05, 4.69) is 67.4 Å². The van der Waals surface area contributed by atoms with Crippen molar-refractivity contribution in [2.24, 2.45) is 5.92 Å². The molecule has 1 aromatic rings. The predicted octanol–water partition coefficient (Wildman–Crippen LogP) is 2.39. The van der Waals surface area contributed by atoms with Gasteiger partial charge in [0, 0.05) is 25.7 Å². The summed E-state index contributed by atoms with van der Waals surface area (Å²) in [6.45, 7) is 6.99. The highest BCUT2D eigenvalue weighted by Crippen LogP contribution is 2.18. The normalized spacial score (nSPS) is 21.1. The minimum absolute atomic E-state index is 0.417. The van der Waals surface area contributed by atoms with Gasteiger partial charge in [-0.15, -0.1) is 0 Å². The summed E-state index contributed by atoms with van der Waals surface area (Å²) < 4.78 is 0. The Morgan fingerprint density at radius 1 is 1.33 bits per heavy atom. The van der Waals surface area contributed by atoms with Crippen LogP contribution in [0.3, 0.4) is 0 Å². The number of likely N-dealkylation sites (N-methyl/N-ethyl adjacent to an activating group) is 2. The lowest BCUT2D eigenvalue weighted by Crippen LogP contribution is -2.35. The highest BCUT2D eigenvalue weighted by atomic mass is 15.2. The molecule has 1 heterocycles. The molecule has 118 valence electrons. The third-order valence-corrected chi connectivity index (χ3v) is 4.69. The average molecular weight is 289 g/mol. The summed E-state index contributed by atoms with van der Waals surface area (Å²) in [7, 11) is 6.55. The van der Waals surface area contributed by atoms with E-state index in [1.165, 1.54) is 37.2 Å². The summed E-state index contributed by atoms with van der Waals surface area (Å²) in [5.41, 5.74) is 2.81. The maximum absolute atomic E-state index is 3.47. The van der Waals surface area contributed by atoms with Gasteiger partial charge in [-0.05, 0) is 57.6 Å². The summed E-state index contributed by atoms with van der Waals surface area (Å²) in [6, 6.07) is 9.48. The van der Waals surface area contributed by atoms with Crippen molar-refractivity contribution in [3.05, 3.63) is 35.4 Å². The Bertz CT molecular complexity index is 415. The zero-order chi connectivity index (χ0) is 15.2. The molecule has 0 spiro atoms. The second-order valence-corrected chi connectivity index (χ2v) is 6.57. The number of aryl methyl sites for hydroxylation is 1. The van der Waals surface area contributed by atoms with Crippen molar-refractivity contribution in [2.75, 3.05) is 47.3 Å². The smallest absolute Gasteiger partial charge is 0.0446 e. The minimum Gasteiger partial charge on any atom is -0.312 e. The lowest BCUT2D eigenvalue weighted by atomic mass is 10.0. The van der Waals surface area contributed by atoms with E-state index in [4.69, 9.17) is 0 Å². The zero-order valence-electron chi connectivity index (χ0n) is 14.1. The van der Waals surface area contributed by atoms with E-state index >= 15 is 0 Å². The number of benzene rings is 1. The first-order valence-corrected chi connectivity index (χ1v) is 8.25. The van der Waals surface area contributed by atoms with Gasteiger partial charge >= 0.3 is 0 Å². The molecule has 1 fully saturated rings. The van der Waals surface area contributed by atoms with Crippen LogP contribution < -0.4 is 5.32 Å². The molecule has 2 rings (SSSR count). The van der Waals surface area contributed by atoms with E-state index in [-0.39, 0.29) is 0 Å². The van der Waals surface area contributed by atoms with Crippen LogP contribution in [0.1, 0.15) is 30.5 Å². The molecule has 0 radical (unpaired) electrons. The third-order valence-electron chi connectivity index (χ3n) is 4.69. The number of rotatable bonds is 7. The summed E-state index contributed by atoms with van der Waals surface area (Å²) >= 11 is 0. The maximum atomic E-state index is 3.47. The number of nitrogens with zero attached hydrogens (tertiary/aromatic N) is 2. The van der Waals surface area contributed by atoms with Crippen molar-refractivity contribution >= 4 is 0 Å². The fraction of sp³-hybridized carbons (Fsp3) is 0.667. The van der Waals surface area contributed by atoms with Crippen molar-refractivity contribution in [1.82, 2.24) is 15.1 Å². The van der Waals surface area contributed by atoms with Gasteiger partial charge in [-0.2, -0.15) is 0 Å². The minimum atomic E-state index is 0.417. The molecule has 3 heteroatoms. The van der Waals surface area contributed by atoms with Crippen LogP contribution in [0.2, 0.25) is 0 Å². The van der Waals surface area contributed by atoms with Gasteiger partial charge in [0.2, 0.25) is 0 Å². The topological polar surface area (TPSA) is 18.5 Å². The van der Waals surface area contributed by atoms with Crippen LogP contribution in [0.15, 0.2) is 24.3 Å². The molecule has 1 saturated heterocycles. The molecule has 2 atom stereocenters. The molecule has 2 unspecified atom stereocenters. The summed E-state index contributed by atoms with van der Waals surface area (Å²) in [5.74, 6) is 0.833. The predicted molar refractivity (Wildman–Crippen MR) is 90.7 cm³/mol. The molecular formula is C18H31N3. The van der Waals surface area contributed by atoms with Gasteiger partial charge < -0.3 is 15.1 Å². The van der Waals surface area contributed by atoms with Crippen LogP contribution >= 0.6 is 0 Å². The van der Waals surface area contributed by atoms with E-state index in [9.17, 15) is 0 Å². The van der Waals surface area contributed by atoms with E-state index < -0.39 is 0 Å². The van der Waals surface area contributed by atoms with Crippen LogP contribution in [0, 0.1) is 5.92 Å². The Morgan fingerprint density at radius 2 is 2.05 bits per heavy atom. The number of likely N-dealkylation sites (tertiary alicyclic amines) is 1. The molecule has 0 amide bonds. The van der Waals surface area contributed by atoms with E-state index in [1.807, 2.05) is 0 Å². The first kappa shape index (κ1) is 16.5. The second-order valence-electron chi connectivity index (χ2n) is 6.57. The highest BCUT2D eigenvalue weighted by molar-refractivity contribution is 5.25. The highest BCUT2D eigenvalue weighted by Gasteiger charge is 2.21. The van der Waals surface area contributed by atoms with Crippen molar-refractivity contribution in [3.8, 4) is 0 Å². The molecule has 21 heavy (non-hydrogen) atoms. The molecule has 1 N–H and O–H groups in total. The zero-order valence-corrected chi connectivity index (χ0v) is 14.1. The van der Waals surface area contributed by atoms with Crippen LogP contribution in [0.5, 0.6) is 0 Å². The molecular weight excluding hydrogens is 258 g/mol. The summed E-state index contributed by atoms with van der Waals surface area (Å²) in [6.07, 6.45) is 2.45. The Hall–Kier alpha value is -0.900. The fourth-order valence-corrected chi connectivity index (χ4v) is 3.35. The van der Waals surface area contributed by atoms with Gasteiger partial charge in [0.15, 0.2) is 0 Å². The first-order valence-electron chi connectivity index (χ1n) is 8.25. The first-order chi connectivity index (χ1) is 10.1. The molecule has 0 bridgehead atoms. The van der Waals surface area contributed by atoms with Crippen LogP contribution in [-0.4, -0.2) is 57.1 Å². The maximum Gasteiger partial charge on any atom is 0.0446 e. The molecule has 3 nitrogen and oxygen atoms in total. The molecule has 1 aliphatic rings. The second kappa shape index (κ2) is 7.92. The Labute approximate surface area is 130 Å². The van der Waals surface area contributed by atoms with Crippen molar-refractivity contribution in [1.29, 1.82) is 0 Å². The Morgan fingerprint density at radius 3 is 2.57 bits per heavy atom. The van der Waals surface area contributed by atoms with E-state index in [1.54, 1.807) is 0 Å². The van der Waals surface area contributed by atoms with Crippen LogP contribution in [0.25, 0.3) is 0 Å². The largest absolute Gasteiger partial charge is 0.312 e. The number of hydrogen-bond acceptors (Lipinski definition) is 3. The Balaban J connectivity index is 1.88. The number of nitrogens with one attached hydrogen (secondary N) is 1. The van der Waals surface area contributed by atoms with Crippen LogP contribution in [-0.2, 0) is 6.42 Å². The van der Waals surface area contributed by atoms with Crippen LogP contribution in [0.4, 0.5) is 0 Å². The van der Waals surface area contributed by atoms with Gasteiger partial charge in [-0.25, -0.2) is 0 Å². The molecule has 0 saturated carbocycles. The van der Waals surface area contributed by atoms with Gasteiger partial charge in [0.1, 0.15) is 0 Å². The third kappa shape index (κ3) is 4.80. The Kier molecular flexibility index (Phi) is 6.22. The lowest BCUT2D eigenvalue weighted by molar-refractivity contribution is 0.251. The van der Waals surface area contributed by atoms with Crippen molar-refractivity contribution in [3.63, 3.8) is 0 Å². The van der Waals surface area contributed by atoms with Crippen molar-refractivity contribution < 1.29 is 0 Å². The molecule has 0 aliphatic carbocycles. The van der Waals surface area contributed by atoms with Gasteiger partial charge in [-0.1, -0.05) is 31.2 Å². The standard InChI is InChI=1S/C18H31N3/c1-5-15-6-8-17(9-7-15)18(19-2)14-21(4)13-16-10-11-20(3)12-16/h6-9,16,18-19H,5,10-14H2,1-4H3. The SMILES string of the molecule is CCc1ccc(C(CN(C)CC2CCN(C)C2)NC)cc1. The quantitative estimate of drug-likeness (QED) is 0.831. The molecule has 0 aromatic heterocycles. The average Bonchev–Trinajstić information content (AvgIpc) is 2.90.